The molecule has 33 heavy (non-hydrogen) atoms. The molecule has 1 amide bonds. The van der Waals surface area contributed by atoms with Gasteiger partial charge in [-0.15, -0.1) is 21.5 Å². The molecule has 2 aliphatic rings. The Kier molecular flexibility index (Phi) is 5.85. The molecule has 0 radical (unpaired) electrons. The molecule has 0 aliphatic heterocycles. The van der Waals surface area contributed by atoms with E-state index in [1.54, 1.807) is 11.3 Å². The summed E-state index contributed by atoms with van der Waals surface area (Å²) < 4.78 is 3.48. The van der Waals surface area contributed by atoms with Crippen LogP contribution < -0.4 is 5.32 Å². The minimum absolute atomic E-state index is 0.0775. The first-order chi connectivity index (χ1) is 16.0. The van der Waals surface area contributed by atoms with Crippen molar-refractivity contribution >= 4 is 27.6 Å². The zero-order valence-electron chi connectivity index (χ0n) is 18.6. The zero-order chi connectivity index (χ0) is 22.8. The van der Waals surface area contributed by atoms with Crippen molar-refractivity contribution in [3.8, 4) is 22.5 Å². The lowest BCUT2D eigenvalue weighted by Gasteiger charge is -2.13. The van der Waals surface area contributed by atoms with E-state index in [9.17, 15) is 4.79 Å². The molecule has 2 aliphatic carbocycles. The van der Waals surface area contributed by atoms with Gasteiger partial charge < -0.3 is 15.0 Å². The SMILES string of the molecule is CC1(NC(=O)O)CC1.c1nc2ccc(-c3ccc(-c4nncn4C4CCCC4)cc3)cc2s1. The average molecular weight is 462 g/mol. The minimum Gasteiger partial charge on any atom is -0.465 e. The van der Waals surface area contributed by atoms with E-state index < -0.39 is 6.09 Å². The number of fused-ring (bicyclic) bond motifs is 1. The third-order valence-electron chi connectivity index (χ3n) is 6.51. The maximum Gasteiger partial charge on any atom is 0.405 e. The largest absolute Gasteiger partial charge is 0.465 e. The number of thiazole rings is 1. The normalized spacial score (nSPS) is 16.9. The lowest BCUT2D eigenvalue weighted by molar-refractivity contribution is 0.189. The monoisotopic (exact) mass is 461 g/mol. The molecule has 0 unspecified atom stereocenters. The molecule has 8 heteroatoms. The van der Waals surface area contributed by atoms with E-state index in [1.165, 1.54) is 41.5 Å². The van der Waals surface area contributed by atoms with E-state index in [2.05, 4.69) is 67.5 Å². The van der Waals surface area contributed by atoms with E-state index >= 15 is 0 Å². The van der Waals surface area contributed by atoms with Gasteiger partial charge in [0.2, 0.25) is 0 Å². The number of aromatic nitrogens is 4. The fourth-order valence-corrected chi connectivity index (χ4v) is 5.03. The first-order valence-electron chi connectivity index (χ1n) is 11.4. The predicted octanol–water partition coefficient (Wildman–Crippen LogP) is 6.14. The molecule has 170 valence electrons. The number of nitrogens with one attached hydrogen (secondary N) is 1. The van der Waals surface area contributed by atoms with Crippen LogP contribution in [-0.2, 0) is 0 Å². The Balaban J connectivity index is 0.000000243. The number of carboxylic acid groups (broad SMARTS) is 1. The molecule has 2 saturated carbocycles. The van der Waals surface area contributed by atoms with Gasteiger partial charge >= 0.3 is 6.09 Å². The van der Waals surface area contributed by atoms with Crippen LogP contribution >= 0.6 is 11.3 Å². The Morgan fingerprint density at radius 2 is 1.79 bits per heavy atom. The van der Waals surface area contributed by atoms with E-state index in [-0.39, 0.29) is 5.54 Å². The van der Waals surface area contributed by atoms with Crippen LogP contribution in [0.5, 0.6) is 0 Å². The Morgan fingerprint density at radius 3 is 2.45 bits per heavy atom. The summed E-state index contributed by atoms with van der Waals surface area (Å²) in [5, 5.41) is 19.1. The van der Waals surface area contributed by atoms with Gasteiger partial charge in [-0.3, -0.25) is 0 Å². The average Bonchev–Trinajstić information content (AvgIpc) is 3.32. The molecular formula is C25H27N5O2S. The number of carbonyl (C=O) groups is 1. The van der Waals surface area contributed by atoms with E-state index in [4.69, 9.17) is 5.11 Å². The van der Waals surface area contributed by atoms with Crippen LogP contribution in [-0.4, -0.2) is 36.5 Å². The summed E-state index contributed by atoms with van der Waals surface area (Å²) in [6.45, 7) is 1.90. The Hall–Kier alpha value is -3.26. The highest BCUT2D eigenvalue weighted by molar-refractivity contribution is 7.16. The number of benzene rings is 2. The second-order valence-electron chi connectivity index (χ2n) is 9.10. The van der Waals surface area contributed by atoms with Gasteiger partial charge in [-0.25, -0.2) is 9.78 Å². The van der Waals surface area contributed by atoms with Gasteiger partial charge in [-0.2, -0.15) is 0 Å². The predicted molar refractivity (Wildman–Crippen MR) is 130 cm³/mol. The summed E-state index contributed by atoms with van der Waals surface area (Å²) in [5.74, 6) is 0.983. The molecule has 0 spiro atoms. The fraction of sp³-hybridized carbons (Fsp3) is 0.360. The van der Waals surface area contributed by atoms with Crippen LogP contribution in [0.4, 0.5) is 4.79 Å². The summed E-state index contributed by atoms with van der Waals surface area (Å²) >= 11 is 1.68. The van der Waals surface area contributed by atoms with Crippen molar-refractivity contribution < 1.29 is 9.90 Å². The Labute approximate surface area is 196 Å². The highest BCUT2D eigenvalue weighted by Crippen LogP contribution is 2.34. The van der Waals surface area contributed by atoms with Crippen molar-refractivity contribution in [3.63, 3.8) is 0 Å². The minimum atomic E-state index is -0.912. The maximum absolute atomic E-state index is 9.94. The van der Waals surface area contributed by atoms with Gasteiger partial charge in [0.25, 0.3) is 0 Å². The summed E-state index contributed by atoms with van der Waals surface area (Å²) in [6, 6.07) is 15.6. The summed E-state index contributed by atoms with van der Waals surface area (Å²) in [4.78, 5) is 14.3. The third kappa shape index (κ3) is 4.90. The summed E-state index contributed by atoms with van der Waals surface area (Å²) in [5.41, 5.74) is 6.45. The molecule has 7 nitrogen and oxygen atoms in total. The molecule has 2 aromatic heterocycles. The van der Waals surface area contributed by atoms with Gasteiger partial charge in [0.15, 0.2) is 5.82 Å². The molecule has 2 heterocycles. The van der Waals surface area contributed by atoms with Crippen molar-refractivity contribution in [2.75, 3.05) is 0 Å². The van der Waals surface area contributed by atoms with Crippen LogP contribution in [0, 0.1) is 0 Å². The lowest BCUT2D eigenvalue weighted by Crippen LogP contribution is -2.32. The van der Waals surface area contributed by atoms with E-state index in [0.29, 0.717) is 6.04 Å². The Morgan fingerprint density at radius 1 is 1.09 bits per heavy atom. The first kappa shape index (κ1) is 21.6. The molecular weight excluding hydrogens is 434 g/mol. The molecule has 2 N–H and O–H groups in total. The molecule has 2 aromatic carbocycles. The number of amides is 1. The summed E-state index contributed by atoms with van der Waals surface area (Å²) in [6.07, 6.45) is 8.03. The topological polar surface area (TPSA) is 92.9 Å². The second kappa shape index (κ2) is 8.94. The van der Waals surface area contributed by atoms with E-state index in [1.807, 2.05) is 18.8 Å². The van der Waals surface area contributed by atoms with Crippen LogP contribution in [0.15, 0.2) is 54.3 Å². The Bertz CT molecular complexity index is 1250. The van der Waals surface area contributed by atoms with Gasteiger partial charge in [0, 0.05) is 17.1 Å². The van der Waals surface area contributed by atoms with Gasteiger partial charge in [0.1, 0.15) is 6.33 Å². The number of rotatable bonds is 4. The smallest absolute Gasteiger partial charge is 0.405 e. The number of hydrogen-bond donors (Lipinski definition) is 2. The quantitative estimate of drug-likeness (QED) is 0.381. The van der Waals surface area contributed by atoms with Crippen molar-refractivity contribution in [2.45, 2.75) is 57.0 Å². The molecule has 0 bridgehead atoms. The van der Waals surface area contributed by atoms with Crippen molar-refractivity contribution in [1.82, 2.24) is 25.1 Å². The maximum atomic E-state index is 9.94. The van der Waals surface area contributed by atoms with Crippen molar-refractivity contribution in [3.05, 3.63) is 54.3 Å². The van der Waals surface area contributed by atoms with Gasteiger partial charge in [-0.1, -0.05) is 43.2 Å². The van der Waals surface area contributed by atoms with Gasteiger partial charge in [0.05, 0.1) is 15.7 Å². The molecule has 4 aromatic rings. The van der Waals surface area contributed by atoms with Crippen LogP contribution in [0.2, 0.25) is 0 Å². The highest BCUT2D eigenvalue weighted by atomic mass is 32.1. The molecule has 2 fully saturated rings. The summed E-state index contributed by atoms with van der Waals surface area (Å²) in [7, 11) is 0. The van der Waals surface area contributed by atoms with Crippen LogP contribution in [0.1, 0.15) is 51.5 Å². The van der Waals surface area contributed by atoms with Crippen LogP contribution in [0.25, 0.3) is 32.7 Å². The van der Waals surface area contributed by atoms with E-state index in [0.717, 1.165) is 29.7 Å². The molecule has 6 rings (SSSR count). The second-order valence-corrected chi connectivity index (χ2v) is 9.99. The molecule has 0 saturated heterocycles. The number of nitrogens with zero attached hydrogens (tertiary/aromatic N) is 4. The standard InChI is InChI=1S/C20H18N4S.C5H9NO2/c1-2-4-17(3-1)24-12-22-23-20(24)15-7-5-14(6-8-15)16-9-10-18-19(11-16)25-13-21-18;1-5(2-3-5)6-4(7)8/h5-13,17H,1-4H2;6H,2-3H2,1H3,(H,7,8). The molecule has 0 atom stereocenters. The zero-order valence-corrected chi connectivity index (χ0v) is 19.4. The number of hydrogen-bond acceptors (Lipinski definition) is 5. The van der Waals surface area contributed by atoms with Crippen molar-refractivity contribution in [2.24, 2.45) is 0 Å². The third-order valence-corrected chi connectivity index (χ3v) is 7.30. The lowest BCUT2D eigenvalue weighted by atomic mass is 10.0. The van der Waals surface area contributed by atoms with Crippen LogP contribution in [0.3, 0.4) is 0 Å². The van der Waals surface area contributed by atoms with Gasteiger partial charge in [-0.05, 0) is 55.9 Å². The highest BCUT2D eigenvalue weighted by Gasteiger charge is 2.38. The fourth-order valence-electron chi connectivity index (χ4n) is 4.32. The first-order valence-corrected chi connectivity index (χ1v) is 12.2. The van der Waals surface area contributed by atoms with Crippen molar-refractivity contribution in [1.29, 1.82) is 0 Å².